The maximum atomic E-state index is 13.0. The van der Waals surface area contributed by atoms with E-state index >= 15 is 0 Å². The minimum Gasteiger partial charge on any atom is -0.381 e. The number of aromatic nitrogens is 2. The molecule has 1 aromatic heterocycles. The summed E-state index contributed by atoms with van der Waals surface area (Å²) in [6.45, 7) is 5.47. The van der Waals surface area contributed by atoms with Crippen LogP contribution < -0.4 is 5.32 Å². The van der Waals surface area contributed by atoms with E-state index in [0.717, 1.165) is 18.4 Å². The summed E-state index contributed by atoms with van der Waals surface area (Å²) in [5, 5.41) is 7.69. The van der Waals surface area contributed by atoms with Crippen LogP contribution in [0.4, 0.5) is 0 Å². The number of hydrogen-bond donors (Lipinski definition) is 1. The van der Waals surface area contributed by atoms with Gasteiger partial charge >= 0.3 is 0 Å². The Labute approximate surface area is 166 Å². The van der Waals surface area contributed by atoms with Crippen molar-refractivity contribution in [3.05, 3.63) is 47.6 Å². The van der Waals surface area contributed by atoms with Crippen molar-refractivity contribution in [2.24, 2.45) is 5.92 Å². The van der Waals surface area contributed by atoms with Gasteiger partial charge < -0.3 is 14.2 Å². The Hall–Kier alpha value is -2.25. The molecule has 0 aliphatic carbocycles. The number of amides is 1. The molecule has 28 heavy (non-hydrogen) atoms. The Kier molecular flexibility index (Phi) is 6.80. The van der Waals surface area contributed by atoms with Crippen LogP contribution in [-0.4, -0.2) is 48.3 Å². The van der Waals surface area contributed by atoms with E-state index in [1.54, 1.807) is 19.0 Å². The minimum absolute atomic E-state index is 0.00754. The van der Waals surface area contributed by atoms with Crippen LogP contribution in [0.1, 0.15) is 62.0 Å². The standard InChI is InChI=1S/C21H30N4O3/c1-14(2)19-23-20(28-24-19)17(16-10-12-27-13-11-16)22-18(21(26)25(3)4)15-8-6-5-7-9-15/h5-9,14,16-18,22H,10-13H2,1-4H3. The topological polar surface area (TPSA) is 80.5 Å². The summed E-state index contributed by atoms with van der Waals surface area (Å²) in [4.78, 5) is 19.2. The van der Waals surface area contributed by atoms with Crippen LogP contribution in [0.3, 0.4) is 0 Å². The molecule has 1 amide bonds. The molecular weight excluding hydrogens is 356 g/mol. The van der Waals surface area contributed by atoms with Crippen molar-refractivity contribution >= 4 is 5.91 Å². The van der Waals surface area contributed by atoms with Crippen LogP contribution in [-0.2, 0) is 9.53 Å². The zero-order valence-corrected chi connectivity index (χ0v) is 17.1. The van der Waals surface area contributed by atoms with Gasteiger partial charge in [0.1, 0.15) is 6.04 Å². The quantitative estimate of drug-likeness (QED) is 0.788. The Morgan fingerprint density at radius 2 is 1.86 bits per heavy atom. The fraction of sp³-hybridized carbons (Fsp3) is 0.571. The lowest BCUT2D eigenvalue weighted by Crippen LogP contribution is -2.42. The van der Waals surface area contributed by atoms with Gasteiger partial charge in [-0.25, -0.2) is 0 Å². The first-order valence-electron chi connectivity index (χ1n) is 9.90. The first kappa shape index (κ1) is 20.5. The van der Waals surface area contributed by atoms with Gasteiger partial charge in [0, 0.05) is 33.2 Å². The first-order valence-corrected chi connectivity index (χ1v) is 9.90. The van der Waals surface area contributed by atoms with Gasteiger partial charge in [-0.3, -0.25) is 10.1 Å². The Morgan fingerprint density at radius 3 is 2.43 bits per heavy atom. The van der Waals surface area contributed by atoms with Crippen molar-refractivity contribution in [1.82, 2.24) is 20.4 Å². The number of nitrogens with one attached hydrogen (secondary N) is 1. The van der Waals surface area contributed by atoms with Gasteiger partial charge in [-0.1, -0.05) is 49.3 Å². The second-order valence-electron chi connectivity index (χ2n) is 7.82. The molecule has 0 bridgehead atoms. The second kappa shape index (κ2) is 9.30. The molecule has 0 radical (unpaired) electrons. The van der Waals surface area contributed by atoms with E-state index in [-0.39, 0.29) is 23.8 Å². The van der Waals surface area contributed by atoms with Crippen LogP contribution in [0, 0.1) is 5.92 Å². The molecule has 2 aromatic rings. The average Bonchev–Trinajstić information content (AvgIpc) is 3.20. The Balaban J connectivity index is 1.93. The van der Waals surface area contributed by atoms with Gasteiger partial charge in [0.15, 0.2) is 5.82 Å². The zero-order chi connectivity index (χ0) is 20.1. The fourth-order valence-electron chi connectivity index (χ4n) is 3.46. The predicted octanol–water partition coefficient (Wildman–Crippen LogP) is 3.08. The molecule has 0 saturated carbocycles. The molecular formula is C21H30N4O3. The normalized spacial score (nSPS) is 17.5. The van der Waals surface area contributed by atoms with Crippen molar-refractivity contribution < 1.29 is 14.1 Å². The number of carbonyl (C=O) groups is 1. The highest BCUT2D eigenvalue weighted by Crippen LogP contribution is 2.32. The Morgan fingerprint density at radius 1 is 1.18 bits per heavy atom. The van der Waals surface area contributed by atoms with Crippen molar-refractivity contribution in [3.8, 4) is 0 Å². The van der Waals surface area contributed by atoms with Gasteiger partial charge in [0.2, 0.25) is 11.8 Å². The predicted molar refractivity (Wildman–Crippen MR) is 106 cm³/mol. The van der Waals surface area contributed by atoms with Crippen molar-refractivity contribution in [2.75, 3.05) is 27.3 Å². The number of likely N-dealkylation sites (N-methyl/N-ethyl adjacent to an activating group) is 1. The lowest BCUT2D eigenvalue weighted by atomic mass is 9.90. The molecule has 1 aliphatic heterocycles. The number of hydrogen-bond acceptors (Lipinski definition) is 6. The second-order valence-corrected chi connectivity index (χ2v) is 7.82. The lowest BCUT2D eigenvalue weighted by Gasteiger charge is -2.32. The Bertz CT molecular complexity index is 754. The monoisotopic (exact) mass is 386 g/mol. The van der Waals surface area contributed by atoms with Crippen LogP contribution >= 0.6 is 0 Å². The number of nitrogens with zero attached hydrogens (tertiary/aromatic N) is 3. The van der Waals surface area contributed by atoms with Crippen LogP contribution in [0.15, 0.2) is 34.9 Å². The number of carbonyl (C=O) groups excluding carboxylic acids is 1. The summed E-state index contributed by atoms with van der Waals surface area (Å²) in [5.41, 5.74) is 0.918. The van der Waals surface area contributed by atoms with Gasteiger partial charge in [-0.15, -0.1) is 0 Å². The summed E-state index contributed by atoms with van der Waals surface area (Å²) in [6, 6.07) is 9.07. The summed E-state index contributed by atoms with van der Waals surface area (Å²) in [7, 11) is 3.54. The van der Waals surface area contributed by atoms with E-state index in [9.17, 15) is 4.79 Å². The van der Waals surface area contributed by atoms with Crippen molar-refractivity contribution in [3.63, 3.8) is 0 Å². The van der Waals surface area contributed by atoms with Gasteiger partial charge in [-0.2, -0.15) is 4.98 Å². The summed E-state index contributed by atoms with van der Waals surface area (Å²) in [5.74, 6) is 1.66. The van der Waals surface area contributed by atoms with Crippen molar-refractivity contribution in [2.45, 2.75) is 44.7 Å². The van der Waals surface area contributed by atoms with Gasteiger partial charge in [0.25, 0.3) is 0 Å². The number of ether oxygens (including phenoxy) is 1. The van der Waals surface area contributed by atoms with Crippen LogP contribution in [0.25, 0.3) is 0 Å². The highest BCUT2D eigenvalue weighted by atomic mass is 16.5. The molecule has 1 aromatic carbocycles. The number of benzene rings is 1. The third-order valence-corrected chi connectivity index (χ3v) is 5.14. The first-order chi connectivity index (χ1) is 13.5. The molecule has 152 valence electrons. The molecule has 1 N–H and O–H groups in total. The lowest BCUT2D eigenvalue weighted by molar-refractivity contribution is -0.131. The molecule has 2 unspecified atom stereocenters. The zero-order valence-electron chi connectivity index (χ0n) is 17.1. The molecule has 7 nitrogen and oxygen atoms in total. The van der Waals surface area contributed by atoms with Crippen LogP contribution in [0.2, 0.25) is 0 Å². The van der Waals surface area contributed by atoms with Crippen molar-refractivity contribution in [1.29, 1.82) is 0 Å². The third kappa shape index (κ3) is 4.77. The highest BCUT2D eigenvalue weighted by Gasteiger charge is 2.35. The molecule has 1 saturated heterocycles. The van der Waals surface area contributed by atoms with E-state index < -0.39 is 6.04 Å². The van der Waals surface area contributed by atoms with E-state index in [1.165, 1.54) is 0 Å². The van der Waals surface area contributed by atoms with E-state index in [0.29, 0.717) is 24.9 Å². The molecule has 7 heteroatoms. The third-order valence-electron chi connectivity index (χ3n) is 5.14. The highest BCUT2D eigenvalue weighted by molar-refractivity contribution is 5.82. The molecule has 3 rings (SSSR count). The molecule has 0 spiro atoms. The fourth-order valence-corrected chi connectivity index (χ4v) is 3.46. The summed E-state index contributed by atoms with van der Waals surface area (Å²) >= 11 is 0. The largest absolute Gasteiger partial charge is 0.381 e. The smallest absolute Gasteiger partial charge is 0.244 e. The van der Waals surface area contributed by atoms with E-state index in [4.69, 9.17) is 9.26 Å². The van der Waals surface area contributed by atoms with E-state index in [2.05, 4.69) is 15.5 Å². The maximum Gasteiger partial charge on any atom is 0.244 e. The van der Waals surface area contributed by atoms with E-state index in [1.807, 2.05) is 44.2 Å². The SMILES string of the molecule is CC(C)c1noc(C(NC(C(=O)N(C)C)c2ccccc2)C2CCOCC2)n1. The van der Waals surface area contributed by atoms with Gasteiger partial charge in [-0.05, 0) is 24.3 Å². The molecule has 2 atom stereocenters. The maximum absolute atomic E-state index is 13.0. The summed E-state index contributed by atoms with van der Waals surface area (Å²) in [6.07, 6.45) is 1.77. The molecule has 1 aliphatic rings. The average molecular weight is 386 g/mol. The van der Waals surface area contributed by atoms with Gasteiger partial charge in [0.05, 0.1) is 6.04 Å². The van der Waals surface area contributed by atoms with Crippen LogP contribution in [0.5, 0.6) is 0 Å². The minimum atomic E-state index is -0.488. The molecule has 2 heterocycles. The number of rotatable bonds is 7. The molecule has 1 fully saturated rings. The summed E-state index contributed by atoms with van der Waals surface area (Å²) < 4.78 is 11.2.